The van der Waals surface area contributed by atoms with Crippen LogP contribution in [0.3, 0.4) is 0 Å². The smallest absolute Gasteiger partial charge is 0.159 e. The van der Waals surface area contributed by atoms with Crippen molar-refractivity contribution in [3.8, 4) is 21.1 Å². The Hall–Kier alpha value is -2.33. The molecule has 0 aliphatic heterocycles. The molecule has 0 aliphatic carbocycles. The molecule has 0 saturated carbocycles. The third-order valence-corrected chi connectivity index (χ3v) is 5.25. The maximum absolute atomic E-state index is 11.4. The zero-order valence-corrected chi connectivity index (χ0v) is 15.5. The van der Waals surface area contributed by atoms with Crippen LogP contribution in [0.5, 0.6) is 0 Å². The zero-order valence-electron chi connectivity index (χ0n) is 14.7. The average Bonchev–Trinajstić information content (AvgIpc) is 3.13. The van der Waals surface area contributed by atoms with E-state index in [0.29, 0.717) is 5.56 Å². The second-order valence-corrected chi connectivity index (χ2v) is 7.18. The molecule has 1 aromatic heterocycles. The molecule has 0 unspecified atom stereocenters. The third kappa shape index (κ3) is 4.40. The van der Waals surface area contributed by atoms with Gasteiger partial charge in [0.1, 0.15) is 10.0 Å². The minimum atomic E-state index is 0.0727. The van der Waals surface area contributed by atoms with Crippen LogP contribution in [0.1, 0.15) is 49.0 Å². The number of unbranched alkanes of at least 4 members (excludes halogenated alkanes) is 2. The molecule has 3 aromatic rings. The Morgan fingerprint density at radius 1 is 0.880 bits per heavy atom. The molecule has 4 heteroatoms. The van der Waals surface area contributed by atoms with Crippen molar-refractivity contribution in [1.82, 2.24) is 10.2 Å². The molecule has 3 rings (SSSR count). The highest BCUT2D eigenvalue weighted by atomic mass is 32.1. The second-order valence-electron chi connectivity index (χ2n) is 6.20. The number of hydrogen-bond donors (Lipinski definition) is 0. The predicted octanol–water partition coefficient (Wildman–Crippen LogP) is 5.81. The molecule has 0 N–H and O–H groups in total. The van der Waals surface area contributed by atoms with Crippen molar-refractivity contribution in [2.75, 3.05) is 0 Å². The number of nitrogens with zero attached hydrogens (tertiary/aromatic N) is 2. The first kappa shape index (κ1) is 17.5. The topological polar surface area (TPSA) is 42.9 Å². The number of aromatic nitrogens is 2. The van der Waals surface area contributed by atoms with Gasteiger partial charge < -0.3 is 0 Å². The van der Waals surface area contributed by atoms with E-state index in [9.17, 15) is 4.79 Å². The molecular formula is C21H22N2OS. The number of carbonyl (C=O) groups is 1. The molecule has 3 nitrogen and oxygen atoms in total. The molecule has 128 valence electrons. The van der Waals surface area contributed by atoms with Crippen LogP contribution in [-0.4, -0.2) is 16.0 Å². The predicted molar refractivity (Wildman–Crippen MR) is 104 cm³/mol. The van der Waals surface area contributed by atoms with Gasteiger partial charge >= 0.3 is 0 Å². The Bertz CT molecular complexity index is 835. The normalized spacial score (nSPS) is 10.8. The lowest BCUT2D eigenvalue weighted by Crippen LogP contribution is -1.90. The average molecular weight is 350 g/mol. The van der Waals surface area contributed by atoms with Gasteiger partial charge in [0.15, 0.2) is 5.78 Å². The van der Waals surface area contributed by atoms with Gasteiger partial charge in [-0.25, -0.2) is 0 Å². The summed E-state index contributed by atoms with van der Waals surface area (Å²) in [5.41, 5.74) is 4.18. The SMILES string of the molecule is CCCCCc1ccc(-c2nnc(-c3ccc(C(C)=O)cc3)s2)cc1. The number of benzene rings is 2. The maximum Gasteiger partial charge on any atom is 0.159 e. The van der Waals surface area contributed by atoms with Gasteiger partial charge in [-0.2, -0.15) is 0 Å². The number of ketones is 1. The molecule has 1 heterocycles. The fourth-order valence-corrected chi connectivity index (χ4v) is 3.55. The van der Waals surface area contributed by atoms with E-state index in [0.717, 1.165) is 27.6 Å². The Labute approximate surface area is 152 Å². The molecule has 25 heavy (non-hydrogen) atoms. The summed E-state index contributed by atoms with van der Waals surface area (Å²) in [6.07, 6.45) is 4.91. The quantitative estimate of drug-likeness (QED) is 0.399. The van der Waals surface area contributed by atoms with E-state index in [1.807, 2.05) is 24.3 Å². The highest BCUT2D eigenvalue weighted by Gasteiger charge is 2.09. The minimum absolute atomic E-state index is 0.0727. The molecule has 0 bridgehead atoms. The highest BCUT2D eigenvalue weighted by molar-refractivity contribution is 7.17. The molecule has 0 saturated heterocycles. The van der Waals surface area contributed by atoms with Gasteiger partial charge in [0.05, 0.1) is 0 Å². The molecule has 0 spiro atoms. The first-order chi connectivity index (χ1) is 12.2. The Morgan fingerprint density at radius 3 is 1.96 bits per heavy atom. The lowest BCUT2D eigenvalue weighted by atomic mass is 10.1. The number of aryl methyl sites for hydroxylation is 1. The highest BCUT2D eigenvalue weighted by Crippen LogP contribution is 2.30. The fourth-order valence-electron chi connectivity index (χ4n) is 2.70. The Balaban J connectivity index is 1.73. The fraction of sp³-hybridized carbons (Fsp3) is 0.286. The van der Waals surface area contributed by atoms with E-state index >= 15 is 0 Å². The second kappa shape index (κ2) is 8.17. The summed E-state index contributed by atoms with van der Waals surface area (Å²) in [5, 5.41) is 10.4. The summed E-state index contributed by atoms with van der Waals surface area (Å²) >= 11 is 1.57. The summed E-state index contributed by atoms with van der Waals surface area (Å²) in [6, 6.07) is 16.2. The van der Waals surface area contributed by atoms with Crippen LogP contribution in [0.2, 0.25) is 0 Å². The number of Topliss-reactive ketones (excluding diaryl/α,β-unsaturated/α-hetero) is 1. The minimum Gasteiger partial charge on any atom is -0.295 e. The summed E-state index contributed by atoms with van der Waals surface area (Å²) in [4.78, 5) is 11.4. The molecule has 0 amide bonds. The van der Waals surface area contributed by atoms with Gasteiger partial charge in [-0.3, -0.25) is 4.79 Å². The van der Waals surface area contributed by atoms with E-state index in [-0.39, 0.29) is 5.78 Å². The van der Waals surface area contributed by atoms with E-state index in [1.54, 1.807) is 18.3 Å². The van der Waals surface area contributed by atoms with Crippen LogP contribution in [0, 0.1) is 0 Å². The lowest BCUT2D eigenvalue weighted by Gasteiger charge is -2.01. The van der Waals surface area contributed by atoms with Crippen molar-refractivity contribution < 1.29 is 4.79 Å². The number of hydrogen-bond acceptors (Lipinski definition) is 4. The lowest BCUT2D eigenvalue weighted by molar-refractivity contribution is 0.101. The van der Waals surface area contributed by atoms with Gasteiger partial charge in [0, 0.05) is 16.7 Å². The summed E-state index contributed by atoms with van der Waals surface area (Å²) in [6.45, 7) is 3.80. The van der Waals surface area contributed by atoms with Crippen LogP contribution < -0.4 is 0 Å². The van der Waals surface area contributed by atoms with Crippen LogP contribution in [0.25, 0.3) is 21.1 Å². The van der Waals surface area contributed by atoms with Gasteiger partial charge in [-0.15, -0.1) is 10.2 Å². The van der Waals surface area contributed by atoms with Gasteiger partial charge in [-0.1, -0.05) is 79.6 Å². The standard InChI is InChI=1S/C21H22N2OS/c1-3-4-5-6-16-7-9-18(10-8-16)20-22-23-21(25-20)19-13-11-17(12-14-19)15(2)24/h7-14H,3-6H2,1-2H3. The van der Waals surface area contributed by atoms with Crippen LogP contribution in [0.15, 0.2) is 48.5 Å². The third-order valence-electron chi connectivity index (χ3n) is 4.23. The molecular weight excluding hydrogens is 328 g/mol. The summed E-state index contributed by atoms with van der Waals surface area (Å²) < 4.78 is 0. The van der Waals surface area contributed by atoms with E-state index in [2.05, 4.69) is 41.4 Å². The number of rotatable bonds is 7. The molecule has 2 aromatic carbocycles. The molecule has 0 radical (unpaired) electrons. The van der Waals surface area contributed by atoms with Crippen molar-refractivity contribution in [1.29, 1.82) is 0 Å². The van der Waals surface area contributed by atoms with Crippen LogP contribution >= 0.6 is 11.3 Å². The largest absolute Gasteiger partial charge is 0.295 e. The van der Waals surface area contributed by atoms with Crippen molar-refractivity contribution in [2.45, 2.75) is 39.5 Å². The first-order valence-corrected chi connectivity index (χ1v) is 9.53. The Kier molecular flexibility index (Phi) is 5.71. The van der Waals surface area contributed by atoms with E-state index < -0.39 is 0 Å². The molecule has 0 aliphatic rings. The van der Waals surface area contributed by atoms with E-state index in [1.165, 1.54) is 24.8 Å². The van der Waals surface area contributed by atoms with Crippen molar-refractivity contribution in [2.24, 2.45) is 0 Å². The van der Waals surface area contributed by atoms with Crippen LogP contribution in [0.4, 0.5) is 0 Å². The molecule has 0 fully saturated rings. The van der Waals surface area contributed by atoms with Crippen molar-refractivity contribution in [3.63, 3.8) is 0 Å². The summed E-state index contributed by atoms with van der Waals surface area (Å²) in [7, 11) is 0. The molecule has 0 atom stereocenters. The van der Waals surface area contributed by atoms with E-state index in [4.69, 9.17) is 0 Å². The number of carbonyl (C=O) groups excluding carboxylic acids is 1. The van der Waals surface area contributed by atoms with Crippen molar-refractivity contribution in [3.05, 3.63) is 59.7 Å². The maximum atomic E-state index is 11.4. The van der Waals surface area contributed by atoms with Crippen LogP contribution in [-0.2, 0) is 6.42 Å². The zero-order chi connectivity index (χ0) is 17.6. The summed E-state index contributed by atoms with van der Waals surface area (Å²) in [5.74, 6) is 0.0727. The van der Waals surface area contributed by atoms with Gasteiger partial charge in [0.2, 0.25) is 0 Å². The van der Waals surface area contributed by atoms with Crippen molar-refractivity contribution >= 4 is 17.1 Å². The first-order valence-electron chi connectivity index (χ1n) is 8.71. The Morgan fingerprint density at radius 2 is 1.44 bits per heavy atom. The van der Waals surface area contributed by atoms with Gasteiger partial charge in [0.25, 0.3) is 0 Å². The van der Waals surface area contributed by atoms with Gasteiger partial charge in [-0.05, 0) is 25.3 Å². The monoisotopic (exact) mass is 350 g/mol.